The third kappa shape index (κ3) is 2.36. The van der Waals surface area contributed by atoms with Gasteiger partial charge in [0.05, 0.1) is 11.1 Å². The quantitative estimate of drug-likeness (QED) is 0.931. The van der Waals surface area contributed by atoms with Crippen LogP contribution in [-0.2, 0) is 6.54 Å². The molecule has 5 nitrogen and oxygen atoms in total. The Morgan fingerprint density at radius 2 is 2.28 bits per heavy atom. The average Bonchev–Trinajstić information content (AvgIpc) is 3.12. The van der Waals surface area contributed by atoms with Crippen LogP contribution in [0.1, 0.15) is 24.4 Å². The van der Waals surface area contributed by atoms with Crippen molar-refractivity contribution in [1.82, 2.24) is 20.2 Å². The molecule has 0 aliphatic heterocycles. The monoisotopic (exact) mass is 281 g/mol. The standard InChI is InChI=1S/C11H12ClN5S/c12-9-5-7(6-13)1-4-10(9)18-11-14-15-16-17(11)8-2-3-8/h1,4-5,8H,2-3,6,13H2. The van der Waals surface area contributed by atoms with Crippen LogP contribution in [0, 0.1) is 0 Å². The molecule has 3 rings (SSSR count). The molecule has 1 aliphatic rings. The van der Waals surface area contributed by atoms with Crippen LogP contribution in [0.5, 0.6) is 0 Å². The van der Waals surface area contributed by atoms with Gasteiger partial charge < -0.3 is 5.73 Å². The van der Waals surface area contributed by atoms with Crippen LogP contribution in [-0.4, -0.2) is 20.2 Å². The van der Waals surface area contributed by atoms with Gasteiger partial charge >= 0.3 is 0 Å². The summed E-state index contributed by atoms with van der Waals surface area (Å²) in [6.07, 6.45) is 2.30. The Balaban J connectivity index is 1.85. The van der Waals surface area contributed by atoms with Crippen molar-refractivity contribution < 1.29 is 0 Å². The second-order valence-electron chi connectivity index (χ2n) is 4.21. The molecule has 7 heteroatoms. The van der Waals surface area contributed by atoms with Gasteiger partial charge in [-0.05, 0) is 52.7 Å². The minimum atomic E-state index is 0.463. The molecule has 0 bridgehead atoms. The van der Waals surface area contributed by atoms with Gasteiger partial charge in [0, 0.05) is 11.4 Å². The van der Waals surface area contributed by atoms with Crippen LogP contribution in [0.4, 0.5) is 0 Å². The largest absolute Gasteiger partial charge is 0.326 e. The number of rotatable bonds is 4. The van der Waals surface area contributed by atoms with Gasteiger partial charge in [-0.2, -0.15) is 0 Å². The molecule has 0 amide bonds. The fourth-order valence-corrected chi connectivity index (χ4v) is 2.82. The predicted octanol–water partition coefficient (Wildman–Crippen LogP) is 2.27. The molecule has 1 saturated carbocycles. The van der Waals surface area contributed by atoms with E-state index in [4.69, 9.17) is 17.3 Å². The van der Waals surface area contributed by atoms with Gasteiger partial charge in [-0.15, -0.1) is 5.10 Å². The fraction of sp³-hybridized carbons (Fsp3) is 0.364. The number of hydrogen-bond donors (Lipinski definition) is 1. The lowest BCUT2D eigenvalue weighted by molar-refractivity contribution is 0.565. The fourth-order valence-electron chi connectivity index (χ4n) is 1.65. The van der Waals surface area contributed by atoms with Crippen LogP contribution >= 0.6 is 23.4 Å². The molecule has 1 fully saturated rings. The van der Waals surface area contributed by atoms with E-state index in [1.54, 1.807) is 0 Å². The van der Waals surface area contributed by atoms with Crippen molar-refractivity contribution in [2.75, 3.05) is 0 Å². The maximum atomic E-state index is 6.22. The molecule has 1 aliphatic carbocycles. The van der Waals surface area contributed by atoms with E-state index in [9.17, 15) is 0 Å². The molecule has 0 radical (unpaired) electrons. The summed E-state index contributed by atoms with van der Waals surface area (Å²) < 4.78 is 1.87. The highest BCUT2D eigenvalue weighted by Crippen LogP contribution is 2.39. The predicted molar refractivity (Wildman–Crippen MR) is 69.6 cm³/mol. The summed E-state index contributed by atoms with van der Waals surface area (Å²) in [5, 5.41) is 13.2. The molecule has 0 atom stereocenters. The third-order valence-electron chi connectivity index (χ3n) is 2.79. The van der Waals surface area contributed by atoms with E-state index in [0.29, 0.717) is 17.6 Å². The normalized spacial score (nSPS) is 15.0. The number of tetrazole rings is 1. The van der Waals surface area contributed by atoms with Gasteiger partial charge in [0.15, 0.2) is 0 Å². The Kier molecular flexibility index (Phi) is 3.23. The summed E-state index contributed by atoms with van der Waals surface area (Å²) in [6, 6.07) is 6.28. The van der Waals surface area contributed by atoms with Crippen LogP contribution in [0.2, 0.25) is 5.02 Å². The highest BCUT2D eigenvalue weighted by atomic mass is 35.5. The van der Waals surface area contributed by atoms with E-state index >= 15 is 0 Å². The zero-order valence-corrected chi connectivity index (χ0v) is 11.2. The van der Waals surface area contributed by atoms with E-state index in [1.165, 1.54) is 11.8 Å². The van der Waals surface area contributed by atoms with Gasteiger partial charge in [0.25, 0.3) is 0 Å². The Hall–Kier alpha value is -1.11. The summed E-state index contributed by atoms with van der Waals surface area (Å²) in [4.78, 5) is 0.950. The minimum Gasteiger partial charge on any atom is -0.326 e. The number of aromatic nitrogens is 4. The van der Waals surface area contributed by atoms with E-state index < -0.39 is 0 Å². The van der Waals surface area contributed by atoms with Gasteiger partial charge in [-0.25, -0.2) is 4.68 Å². The van der Waals surface area contributed by atoms with E-state index in [0.717, 1.165) is 28.5 Å². The van der Waals surface area contributed by atoms with Crippen molar-refractivity contribution in [3.63, 3.8) is 0 Å². The highest BCUT2D eigenvalue weighted by molar-refractivity contribution is 7.99. The van der Waals surface area contributed by atoms with Crippen LogP contribution in [0.25, 0.3) is 0 Å². The molecule has 0 saturated heterocycles. The van der Waals surface area contributed by atoms with E-state index in [2.05, 4.69) is 15.5 Å². The molecule has 2 aromatic rings. The molecular weight excluding hydrogens is 270 g/mol. The average molecular weight is 282 g/mol. The van der Waals surface area contributed by atoms with Crippen LogP contribution < -0.4 is 5.73 Å². The molecule has 1 aromatic heterocycles. The number of halogens is 1. The Labute approximate surface area is 114 Å². The lowest BCUT2D eigenvalue weighted by Gasteiger charge is -2.05. The number of nitrogens with two attached hydrogens (primary N) is 1. The number of hydrogen-bond acceptors (Lipinski definition) is 5. The smallest absolute Gasteiger partial charge is 0.214 e. The van der Waals surface area contributed by atoms with Gasteiger partial charge in [0.1, 0.15) is 0 Å². The first-order valence-electron chi connectivity index (χ1n) is 5.72. The molecular formula is C11H12ClN5S. The molecule has 18 heavy (non-hydrogen) atoms. The zero-order chi connectivity index (χ0) is 12.5. The highest BCUT2D eigenvalue weighted by Gasteiger charge is 2.28. The van der Waals surface area contributed by atoms with Crippen molar-refractivity contribution in [1.29, 1.82) is 0 Å². The first-order valence-corrected chi connectivity index (χ1v) is 6.91. The van der Waals surface area contributed by atoms with Crippen molar-refractivity contribution in [3.8, 4) is 0 Å². The molecule has 1 aromatic carbocycles. The molecule has 94 valence electrons. The van der Waals surface area contributed by atoms with E-state index in [-0.39, 0.29) is 0 Å². The van der Waals surface area contributed by atoms with Crippen LogP contribution in [0.3, 0.4) is 0 Å². The number of benzene rings is 1. The van der Waals surface area contributed by atoms with Gasteiger partial charge in [-0.3, -0.25) is 0 Å². The molecule has 1 heterocycles. The Bertz CT molecular complexity index is 566. The Morgan fingerprint density at radius 3 is 2.94 bits per heavy atom. The van der Waals surface area contributed by atoms with Crippen molar-refractivity contribution >= 4 is 23.4 Å². The summed E-state index contributed by atoms with van der Waals surface area (Å²) in [5.41, 5.74) is 6.59. The Morgan fingerprint density at radius 1 is 1.44 bits per heavy atom. The third-order valence-corrected chi connectivity index (χ3v) is 4.24. The van der Waals surface area contributed by atoms with Crippen LogP contribution in [0.15, 0.2) is 28.3 Å². The second-order valence-corrected chi connectivity index (χ2v) is 5.62. The van der Waals surface area contributed by atoms with Crippen molar-refractivity contribution in [3.05, 3.63) is 28.8 Å². The SMILES string of the molecule is NCc1ccc(Sc2nnnn2C2CC2)c(Cl)c1. The van der Waals surface area contributed by atoms with Crippen molar-refractivity contribution in [2.24, 2.45) is 5.73 Å². The first kappa shape index (κ1) is 12.0. The number of nitrogens with zero attached hydrogens (tertiary/aromatic N) is 4. The zero-order valence-electron chi connectivity index (χ0n) is 9.58. The maximum Gasteiger partial charge on any atom is 0.214 e. The summed E-state index contributed by atoms with van der Waals surface area (Å²) in [5.74, 6) is 0. The molecule has 0 unspecified atom stereocenters. The molecule has 0 spiro atoms. The minimum absolute atomic E-state index is 0.463. The summed E-state index contributed by atoms with van der Waals surface area (Å²) >= 11 is 7.71. The first-order chi connectivity index (χ1) is 8.78. The second kappa shape index (κ2) is 4.87. The lowest BCUT2D eigenvalue weighted by atomic mass is 10.2. The maximum absolute atomic E-state index is 6.22. The summed E-state index contributed by atoms with van der Waals surface area (Å²) in [6.45, 7) is 0.491. The van der Waals surface area contributed by atoms with Crippen molar-refractivity contribution in [2.45, 2.75) is 35.5 Å². The lowest BCUT2D eigenvalue weighted by Crippen LogP contribution is -1.99. The topological polar surface area (TPSA) is 69.6 Å². The van der Waals surface area contributed by atoms with E-state index in [1.807, 2.05) is 22.9 Å². The summed E-state index contributed by atoms with van der Waals surface area (Å²) in [7, 11) is 0. The van der Waals surface area contributed by atoms with Gasteiger partial charge in [-0.1, -0.05) is 17.7 Å². The molecule has 2 N–H and O–H groups in total. The van der Waals surface area contributed by atoms with Gasteiger partial charge in [0.2, 0.25) is 5.16 Å².